The molecule has 116 valence electrons. The van der Waals surface area contributed by atoms with Crippen LogP contribution in [-0.2, 0) is 4.57 Å². The van der Waals surface area contributed by atoms with Crippen LogP contribution in [0, 0.1) is 6.92 Å². The van der Waals surface area contributed by atoms with Gasteiger partial charge in [0, 0.05) is 5.30 Å². The molecular formula is C15H28NO3P. The molecule has 0 aliphatic carbocycles. The van der Waals surface area contributed by atoms with Crippen molar-refractivity contribution in [2.45, 2.75) is 34.6 Å². The molecule has 4 nitrogen and oxygen atoms in total. The first-order chi connectivity index (χ1) is 9.24. The molecule has 0 spiro atoms. The summed E-state index contributed by atoms with van der Waals surface area (Å²) in [6.45, 7) is 16.1. The number of aryl methyl sites for hydroxylation is 1. The van der Waals surface area contributed by atoms with E-state index in [1.807, 2.05) is 6.92 Å². The summed E-state index contributed by atoms with van der Waals surface area (Å²) >= 11 is 0. The van der Waals surface area contributed by atoms with Crippen molar-refractivity contribution in [2.75, 3.05) is 26.2 Å². The Kier molecular flexibility index (Phi) is 8.29. The minimum absolute atomic E-state index is 0.0388. The number of benzene rings is 1. The standard InChI is InChI=1S/C8H20N.C7H9O3P/c1-5-9(6-2,7-3)8-4;1-6-2-4-7(5-3-6)11(8,9)10/h5-8H2,1-4H3;2-5H,1H3,(H2,8,9,10)/q+1;/p-1. The first kappa shape index (κ1) is 19.3. The van der Waals surface area contributed by atoms with Crippen molar-refractivity contribution < 1.29 is 18.8 Å². The third-order valence-electron chi connectivity index (χ3n) is 4.04. The highest BCUT2D eigenvalue weighted by Gasteiger charge is 2.16. The Morgan fingerprint density at radius 2 is 1.35 bits per heavy atom. The van der Waals surface area contributed by atoms with Crippen molar-refractivity contribution in [1.82, 2.24) is 0 Å². The largest absolute Gasteiger partial charge is 0.775 e. The Morgan fingerprint density at radius 1 is 1.00 bits per heavy atom. The maximum Gasteiger partial charge on any atom is 0.162 e. The van der Waals surface area contributed by atoms with Crippen molar-refractivity contribution in [2.24, 2.45) is 0 Å². The summed E-state index contributed by atoms with van der Waals surface area (Å²) in [4.78, 5) is 19.1. The Labute approximate surface area is 123 Å². The lowest BCUT2D eigenvalue weighted by molar-refractivity contribution is -0.921. The predicted molar refractivity (Wildman–Crippen MR) is 83.1 cm³/mol. The predicted octanol–water partition coefficient (Wildman–Crippen LogP) is 2.05. The molecule has 1 aromatic carbocycles. The molecule has 0 saturated carbocycles. The van der Waals surface area contributed by atoms with Gasteiger partial charge in [-0.2, -0.15) is 0 Å². The Balaban J connectivity index is 0.000000370. The average Bonchev–Trinajstić information content (AvgIpc) is 2.42. The molecule has 1 N–H and O–H groups in total. The lowest BCUT2D eigenvalue weighted by Gasteiger charge is -2.34. The van der Waals surface area contributed by atoms with Gasteiger partial charge in [-0.3, -0.25) is 0 Å². The smallest absolute Gasteiger partial charge is 0.162 e. The van der Waals surface area contributed by atoms with Gasteiger partial charge in [0.2, 0.25) is 0 Å². The zero-order valence-corrected chi connectivity index (χ0v) is 14.2. The molecule has 0 saturated heterocycles. The van der Waals surface area contributed by atoms with Gasteiger partial charge < -0.3 is 18.8 Å². The Morgan fingerprint density at radius 3 is 1.55 bits per heavy atom. The summed E-state index contributed by atoms with van der Waals surface area (Å²) in [6, 6.07) is 6.03. The highest BCUT2D eigenvalue weighted by Crippen LogP contribution is 2.27. The van der Waals surface area contributed by atoms with E-state index < -0.39 is 7.60 Å². The fourth-order valence-corrected chi connectivity index (χ4v) is 2.60. The second-order valence-corrected chi connectivity index (χ2v) is 6.52. The number of hydrogen-bond acceptors (Lipinski definition) is 2. The second kappa shape index (κ2) is 8.58. The number of nitrogens with zero attached hydrogens (tertiary/aromatic N) is 1. The molecule has 1 rings (SSSR count). The quantitative estimate of drug-likeness (QED) is 0.669. The van der Waals surface area contributed by atoms with Crippen LogP contribution in [-0.4, -0.2) is 35.6 Å². The van der Waals surface area contributed by atoms with E-state index in [9.17, 15) is 9.46 Å². The molecule has 0 aliphatic heterocycles. The van der Waals surface area contributed by atoms with Crippen molar-refractivity contribution in [3.63, 3.8) is 0 Å². The minimum atomic E-state index is -4.29. The normalized spacial score (nSPS) is 14.2. The van der Waals surface area contributed by atoms with Gasteiger partial charge in [-0.1, -0.05) is 29.8 Å². The van der Waals surface area contributed by atoms with E-state index in [0.717, 1.165) is 5.56 Å². The third kappa shape index (κ3) is 6.19. The van der Waals surface area contributed by atoms with Crippen LogP contribution in [0.5, 0.6) is 0 Å². The molecular weight excluding hydrogens is 273 g/mol. The van der Waals surface area contributed by atoms with Crippen molar-refractivity contribution in [3.8, 4) is 0 Å². The van der Waals surface area contributed by atoms with E-state index in [0.29, 0.717) is 0 Å². The summed E-state index contributed by atoms with van der Waals surface area (Å²) in [5.74, 6) is 0. The SMILES string of the molecule is CC[N+](CC)(CC)CC.Cc1ccc(P(=O)([O-])O)cc1. The molecule has 20 heavy (non-hydrogen) atoms. The van der Waals surface area contributed by atoms with Gasteiger partial charge >= 0.3 is 0 Å². The summed E-state index contributed by atoms with van der Waals surface area (Å²) < 4.78 is 11.8. The van der Waals surface area contributed by atoms with Crippen LogP contribution in [0.1, 0.15) is 33.3 Å². The maximum absolute atomic E-state index is 10.5. The molecule has 0 radical (unpaired) electrons. The second-order valence-electron chi connectivity index (χ2n) is 4.96. The highest BCUT2D eigenvalue weighted by atomic mass is 31.2. The monoisotopic (exact) mass is 301 g/mol. The lowest BCUT2D eigenvalue weighted by Crippen LogP contribution is -2.47. The molecule has 0 aromatic heterocycles. The first-order valence-corrected chi connectivity index (χ1v) is 8.78. The minimum Gasteiger partial charge on any atom is -0.775 e. The average molecular weight is 301 g/mol. The molecule has 0 heterocycles. The van der Waals surface area contributed by atoms with Crippen LogP contribution in [0.15, 0.2) is 24.3 Å². The van der Waals surface area contributed by atoms with Crippen LogP contribution >= 0.6 is 7.60 Å². The Hall–Kier alpha value is -0.670. The zero-order valence-electron chi connectivity index (χ0n) is 13.3. The molecule has 5 heteroatoms. The topological polar surface area (TPSA) is 60.4 Å². The summed E-state index contributed by atoms with van der Waals surface area (Å²) in [5, 5.41) is -0.0388. The number of hydrogen-bond donors (Lipinski definition) is 1. The van der Waals surface area contributed by atoms with Crippen molar-refractivity contribution in [1.29, 1.82) is 0 Å². The molecule has 1 aromatic rings. The lowest BCUT2D eigenvalue weighted by atomic mass is 10.2. The maximum atomic E-state index is 10.5. The summed E-state index contributed by atoms with van der Waals surface area (Å²) in [5.41, 5.74) is 0.960. The molecule has 0 amide bonds. The van der Waals surface area contributed by atoms with E-state index in [2.05, 4.69) is 27.7 Å². The van der Waals surface area contributed by atoms with E-state index in [1.54, 1.807) is 12.1 Å². The van der Waals surface area contributed by atoms with Gasteiger partial charge in [-0.05, 0) is 34.6 Å². The van der Waals surface area contributed by atoms with E-state index in [4.69, 9.17) is 4.89 Å². The van der Waals surface area contributed by atoms with Crippen molar-refractivity contribution in [3.05, 3.63) is 29.8 Å². The highest BCUT2D eigenvalue weighted by molar-refractivity contribution is 7.58. The van der Waals surface area contributed by atoms with Gasteiger partial charge in [0.05, 0.1) is 26.2 Å². The first-order valence-electron chi connectivity index (χ1n) is 7.20. The van der Waals surface area contributed by atoms with Crippen LogP contribution < -0.4 is 10.2 Å². The van der Waals surface area contributed by atoms with E-state index in [1.165, 1.54) is 42.8 Å². The third-order valence-corrected chi connectivity index (χ3v) is 4.99. The molecule has 0 aliphatic rings. The number of rotatable bonds is 5. The summed E-state index contributed by atoms with van der Waals surface area (Å²) in [6.07, 6.45) is 0. The Bertz CT molecular complexity index is 404. The fourth-order valence-electron chi connectivity index (χ4n) is 2.07. The summed E-state index contributed by atoms with van der Waals surface area (Å²) in [7, 11) is -4.29. The van der Waals surface area contributed by atoms with Gasteiger partial charge in [0.25, 0.3) is 0 Å². The van der Waals surface area contributed by atoms with Crippen LogP contribution in [0.2, 0.25) is 0 Å². The van der Waals surface area contributed by atoms with Gasteiger partial charge in [0.1, 0.15) is 0 Å². The molecule has 0 fully saturated rings. The van der Waals surface area contributed by atoms with Gasteiger partial charge in [-0.15, -0.1) is 0 Å². The molecule has 0 bridgehead atoms. The van der Waals surface area contributed by atoms with Crippen LogP contribution in [0.3, 0.4) is 0 Å². The van der Waals surface area contributed by atoms with E-state index >= 15 is 0 Å². The van der Waals surface area contributed by atoms with Crippen molar-refractivity contribution >= 4 is 12.9 Å². The zero-order chi connectivity index (χ0) is 15.8. The van der Waals surface area contributed by atoms with Gasteiger partial charge in [-0.25, -0.2) is 0 Å². The number of quaternary nitrogens is 1. The fraction of sp³-hybridized carbons (Fsp3) is 0.600. The molecule has 1 unspecified atom stereocenters. The van der Waals surface area contributed by atoms with Crippen LogP contribution in [0.4, 0.5) is 0 Å². The van der Waals surface area contributed by atoms with E-state index in [-0.39, 0.29) is 5.30 Å². The van der Waals surface area contributed by atoms with Crippen LogP contribution in [0.25, 0.3) is 0 Å². The van der Waals surface area contributed by atoms with Gasteiger partial charge in [0.15, 0.2) is 7.60 Å². The molecule has 1 atom stereocenters.